The molecule has 0 spiro atoms. The van der Waals surface area contributed by atoms with E-state index in [4.69, 9.17) is 9.47 Å². The lowest BCUT2D eigenvalue weighted by atomic mass is 9.65. The monoisotopic (exact) mass is 404 g/mol. The summed E-state index contributed by atoms with van der Waals surface area (Å²) in [6.07, 6.45) is 1.32. The van der Waals surface area contributed by atoms with Crippen molar-refractivity contribution in [3.05, 3.63) is 53.1 Å². The van der Waals surface area contributed by atoms with Gasteiger partial charge in [0, 0.05) is 37.2 Å². The summed E-state index contributed by atoms with van der Waals surface area (Å²) in [5.74, 6) is -2.67. The topological polar surface area (TPSA) is 54.3 Å². The first-order valence-corrected chi connectivity index (χ1v) is 9.51. The fraction of sp³-hybridized carbons (Fsp3) is 0.409. The van der Waals surface area contributed by atoms with Crippen LogP contribution in [0.1, 0.15) is 30.0 Å². The molecular weight excluding hydrogens is 378 g/mol. The average Bonchev–Trinajstić information content (AvgIpc) is 2.72. The van der Waals surface area contributed by atoms with Gasteiger partial charge in [0.25, 0.3) is 0 Å². The number of hydrogen-bond donors (Lipinski definition) is 1. The van der Waals surface area contributed by atoms with Crippen molar-refractivity contribution in [1.82, 2.24) is 4.90 Å². The smallest absolute Gasteiger partial charge is 0.306 e. The highest BCUT2D eigenvalue weighted by atomic mass is 19.3. The molecule has 5 nitrogen and oxygen atoms in total. The van der Waals surface area contributed by atoms with Crippen LogP contribution in [-0.2, 0) is 11.5 Å². The van der Waals surface area contributed by atoms with Crippen molar-refractivity contribution in [2.75, 3.05) is 27.3 Å². The van der Waals surface area contributed by atoms with Crippen molar-refractivity contribution in [2.45, 2.75) is 31.8 Å². The number of alkyl halides is 2. The van der Waals surface area contributed by atoms with Crippen LogP contribution in [0.25, 0.3) is 0 Å². The Balaban J connectivity index is 1.91. The van der Waals surface area contributed by atoms with Crippen molar-refractivity contribution >= 4 is 12.0 Å². The minimum Gasteiger partial charge on any atom is -0.496 e. The molecule has 0 radical (unpaired) electrons. The lowest BCUT2D eigenvalue weighted by molar-refractivity contribution is -0.233. The van der Waals surface area contributed by atoms with E-state index in [-0.39, 0.29) is 29.9 Å². The first-order chi connectivity index (χ1) is 13.8. The summed E-state index contributed by atoms with van der Waals surface area (Å²) in [7, 11) is 3.24. The number of ether oxygens (including phenoxy) is 2. The van der Waals surface area contributed by atoms with Gasteiger partial charge in [-0.2, -0.15) is 8.78 Å². The van der Waals surface area contributed by atoms with Crippen LogP contribution < -0.4 is 9.47 Å². The number of halogens is 2. The Labute approximate surface area is 169 Å². The van der Waals surface area contributed by atoms with E-state index >= 15 is 8.78 Å². The summed E-state index contributed by atoms with van der Waals surface area (Å²) in [6, 6.07) is 10.5. The Morgan fingerprint density at radius 1 is 1.21 bits per heavy atom. The maximum Gasteiger partial charge on any atom is 0.306 e. The second-order valence-corrected chi connectivity index (χ2v) is 7.14. The molecule has 1 unspecified atom stereocenters. The Kier molecular flexibility index (Phi) is 5.80. The van der Waals surface area contributed by atoms with Gasteiger partial charge in [0.15, 0.2) is 5.60 Å². The number of benzene rings is 2. The van der Waals surface area contributed by atoms with Gasteiger partial charge in [-0.15, -0.1) is 0 Å². The number of hydrogen-bond acceptors (Lipinski definition) is 4. The molecule has 0 fully saturated rings. The molecule has 2 aromatic carbocycles. The maximum atomic E-state index is 15.1. The van der Waals surface area contributed by atoms with E-state index < -0.39 is 11.5 Å². The summed E-state index contributed by atoms with van der Waals surface area (Å²) >= 11 is 0. The molecule has 3 rings (SSSR count). The third-order valence-corrected chi connectivity index (χ3v) is 5.36. The minimum absolute atomic E-state index is 0.0566. The Morgan fingerprint density at radius 2 is 1.90 bits per heavy atom. The van der Waals surface area contributed by atoms with Gasteiger partial charge in [-0.1, -0.05) is 18.2 Å². The highest BCUT2D eigenvalue weighted by molar-refractivity contribution is 5.71. The number of rotatable bonds is 8. The van der Waals surface area contributed by atoms with E-state index in [0.29, 0.717) is 17.0 Å². The highest BCUT2D eigenvalue weighted by Gasteiger charge is 2.68. The number of nitrogens with zero attached hydrogens (tertiary/aromatic N) is 2. The Morgan fingerprint density at radius 3 is 2.52 bits per heavy atom. The normalized spacial score (nSPS) is 19.6. The second-order valence-electron chi connectivity index (χ2n) is 7.14. The lowest BCUT2D eigenvalue weighted by Crippen LogP contribution is -2.54. The zero-order chi connectivity index (χ0) is 21.2. The first-order valence-electron chi connectivity index (χ1n) is 9.51. The minimum atomic E-state index is -3.43. The van der Waals surface area contributed by atoms with Crippen molar-refractivity contribution in [3.63, 3.8) is 0 Å². The molecular formula is C22H26F2N2O3. The highest BCUT2D eigenvalue weighted by Crippen LogP contribution is 2.63. The van der Waals surface area contributed by atoms with Gasteiger partial charge in [-0.25, -0.2) is 4.99 Å². The van der Waals surface area contributed by atoms with Crippen LogP contribution in [0, 0.1) is 6.92 Å². The molecule has 1 N–H and O–H groups in total. The predicted octanol–water partition coefficient (Wildman–Crippen LogP) is 4.38. The van der Waals surface area contributed by atoms with Crippen molar-refractivity contribution in [2.24, 2.45) is 4.99 Å². The average molecular weight is 404 g/mol. The quantitative estimate of drug-likeness (QED) is 0.524. The predicted molar refractivity (Wildman–Crippen MR) is 109 cm³/mol. The van der Waals surface area contributed by atoms with Crippen LogP contribution in [0.3, 0.4) is 0 Å². The summed E-state index contributed by atoms with van der Waals surface area (Å²) in [5.41, 5.74) is -1.73. The van der Waals surface area contributed by atoms with Crippen LogP contribution in [0.5, 0.6) is 11.5 Å². The van der Waals surface area contributed by atoms with Crippen LogP contribution in [-0.4, -0.2) is 43.7 Å². The second kappa shape index (κ2) is 7.99. The molecule has 1 aliphatic carbocycles. The number of aliphatic hydroxyl groups is 1. The standard InChI is InChI=1S/C22H26F2N2O3/c1-5-26(3)14-25-17-13-18(28-4)20-19(15(17)2)22(23,24)21(20,27)11-12-29-16-9-7-6-8-10-16/h6-10,13-14,27H,5,11-12H2,1-4H3. The van der Waals surface area contributed by atoms with Crippen molar-refractivity contribution < 1.29 is 23.4 Å². The van der Waals surface area contributed by atoms with Crippen LogP contribution in [0.2, 0.25) is 0 Å². The van der Waals surface area contributed by atoms with Gasteiger partial charge < -0.3 is 19.5 Å². The van der Waals surface area contributed by atoms with Crippen LogP contribution in [0.15, 0.2) is 41.4 Å². The number of methoxy groups -OCH3 is 1. The lowest BCUT2D eigenvalue weighted by Gasteiger charge is -2.48. The van der Waals surface area contributed by atoms with Crippen molar-refractivity contribution in [3.8, 4) is 11.5 Å². The molecule has 1 atom stereocenters. The van der Waals surface area contributed by atoms with E-state index in [2.05, 4.69) is 4.99 Å². The van der Waals surface area contributed by atoms with Crippen molar-refractivity contribution in [1.29, 1.82) is 0 Å². The Hall–Kier alpha value is -2.67. The van der Waals surface area contributed by atoms with E-state index in [1.54, 1.807) is 43.6 Å². The van der Waals surface area contributed by atoms with Crippen LogP contribution in [0.4, 0.5) is 14.5 Å². The fourth-order valence-electron chi connectivity index (χ4n) is 3.50. The third kappa shape index (κ3) is 3.55. The molecule has 0 aliphatic heterocycles. The number of aliphatic imine (C=N–C) groups is 1. The van der Waals surface area contributed by atoms with E-state index in [9.17, 15) is 5.11 Å². The molecule has 29 heavy (non-hydrogen) atoms. The first kappa shape index (κ1) is 21.0. The molecule has 156 valence electrons. The maximum absolute atomic E-state index is 15.1. The molecule has 0 amide bonds. The third-order valence-electron chi connectivity index (χ3n) is 5.36. The van der Waals surface area contributed by atoms with Gasteiger partial charge in [0.05, 0.1) is 25.7 Å². The summed E-state index contributed by atoms with van der Waals surface area (Å²) < 4.78 is 41.1. The molecule has 0 heterocycles. The molecule has 1 aliphatic rings. The van der Waals surface area contributed by atoms with Gasteiger partial charge >= 0.3 is 5.92 Å². The molecule has 0 saturated carbocycles. The van der Waals surface area contributed by atoms with Gasteiger partial charge in [-0.05, 0) is 31.5 Å². The number of para-hydroxylation sites is 1. The summed E-state index contributed by atoms with van der Waals surface area (Å²) in [4.78, 5) is 6.15. The van der Waals surface area contributed by atoms with E-state index in [0.717, 1.165) is 6.54 Å². The van der Waals surface area contributed by atoms with E-state index in [1.807, 2.05) is 24.9 Å². The largest absolute Gasteiger partial charge is 0.496 e. The zero-order valence-electron chi connectivity index (χ0n) is 17.1. The van der Waals surface area contributed by atoms with Gasteiger partial charge in [-0.3, -0.25) is 0 Å². The fourth-order valence-corrected chi connectivity index (χ4v) is 3.50. The molecule has 0 saturated heterocycles. The SMILES string of the molecule is CCN(C)C=Nc1cc(OC)c2c(c1C)C(F)(F)C2(O)CCOc1ccccc1. The Bertz CT molecular complexity index is 903. The molecule has 2 aromatic rings. The molecule has 0 bridgehead atoms. The van der Waals surface area contributed by atoms with Gasteiger partial charge in [0.2, 0.25) is 0 Å². The van der Waals surface area contributed by atoms with Crippen LogP contribution >= 0.6 is 0 Å². The molecule has 0 aromatic heterocycles. The zero-order valence-corrected chi connectivity index (χ0v) is 17.1. The van der Waals surface area contributed by atoms with E-state index in [1.165, 1.54) is 7.11 Å². The molecule has 7 heteroatoms. The summed E-state index contributed by atoms with van der Waals surface area (Å²) in [5, 5.41) is 10.9. The summed E-state index contributed by atoms with van der Waals surface area (Å²) in [6.45, 7) is 4.23. The number of fused-ring (bicyclic) bond motifs is 1. The van der Waals surface area contributed by atoms with Gasteiger partial charge in [0.1, 0.15) is 11.5 Å².